The molecule has 0 saturated heterocycles. The fourth-order valence-electron chi connectivity index (χ4n) is 2.23. The number of hydrogen-bond donors (Lipinski definition) is 1. The van der Waals surface area contributed by atoms with Crippen LogP contribution in [-0.2, 0) is 0 Å². The van der Waals surface area contributed by atoms with Gasteiger partial charge >= 0.3 is 0 Å². The lowest BCUT2D eigenvalue weighted by Gasteiger charge is -2.09. The number of rotatable bonds is 3. The molecule has 0 aliphatic heterocycles. The summed E-state index contributed by atoms with van der Waals surface area (Å²) in [7, 11) is 0. The molecule has 2 heterocycles. The number of anilines is 1. The van der Waals surface area contributed by atoms with Gasteiger partial charge in [0.05, 0.1) is 11.1 Å². The van der Waals surface area contributed by atoms with Crippen LogP contribution in [0.15, 0.2) is 42.6 Å². The van der Waals surface area contributed by atoms with Gasteiger partial charge in [0.15, 0.2) is 5.65 Å². The van der Waals surface area contributed by atoms with Crippen LogP contribution in [0.2, 0.25) is 5.02 Å². The predicted molar refractivity (Wildman–Crippen MR) is 85.8 cm³/mol. The Morgan fingerprint density at radius 3 is 2.52 bits per heavy atom. The van der Waals surface area contributed by atoms with E-state index in [9.17, 15) is 0 Å². The van der Waals surface area contributed by atoms with Crippen LogP contribution in [-0.4, -0.2) is 15.5 Å². The molecule has 0 bridgehead atoms. The number of halogens is 1. The molecule has 2 N–H and O–H groups in total. The van der Waals surface area contributed by atoms with Crippen molar-refractivity contribution in [2.24, 2.45) is 0 Å². The fraction of sp³-hybridized carbons (Fsp3) is 0.188. The van der Waals surface area contributed by atoms with Gasteiger partial charge in [0.25, 0.3) is 0 Å². The zero-order chi connectivity index (χ0) is 15.0. The summed E-state index contributed by atoms with van der Waals surface area (Å²) in [5.74, 6) is 1.40. The first-order valence-corrected chi connectivity index (χ1v) is 7.13. The average molecular weight is 302 g/mol. The molecule has 1 aromatic carbocycles. The Balaban J connectivity index is 2.04. The van der Waals surface area contributed by atoms with Crippen LogP contribution in [0.25, 0.3) is 16.9 Å². The van der Waals surface area contributed by atoms with Gasteiger partial charge in [-0.3, -0.25) is 4.40 Å². The highest BCUT2D eigenvalue weighted by atomic mass is 35.5. The molecule has 21 heavy (non-hydrogen) atoms. The summed E-state index contributed by atoms with van der Waals surface area (Å²) in [6, 6.07) is 11.4. The Morgan fingerprint density at radius 2 is 1.90 bits per heavy atom. The number of nitrogens with zero attached hydrogens (tertiary/aromatic N) is 2. The summed E-state index contributed by atoms with van der Waals surface area (Å²) >= 11 is 6.15. The summed E-state index contributed by atoms with van der Waals surface area (Å²) in [5, 5.41) is 0.579. The number of ether oxygens (including phenoxy) is 1. The van der Waals surface area contributed by atoms with Gasteiger partial charge in [0.2, 0.25) is 0 Å². The minimum absolute atomic E-state index is 0.148. The van der Waals surface area contributed by atoms with Crippen LogP contribution >= 0.6 is 11.6 Å². The number of pyridine rings is 1. The highest BCUT2D eigenvalue weighted by Crippen LogP contribution is 2.30. The molecule has 0 aliphatic rings. The van der Waals surface area contributed by atoms with Crippen molar-refractivity contribution in [1.29, 1.82) is 0 Å². The maximum atomic E-state index is 6.17. The minimum Gasteiger partial charge on any atom is -0.491 e. The Labute approximate surface area is 128 Å². The number of nitrogens with two attached hydrogens (primary N) is 1. The second-order valence-corrected chi connectivity index (χ2v) is 5.49. The van der Waals surface area contributed by atoms with Crippen LogP contribution in [0.4, 0.5) is 5.82 Å². The number of imidazole rings is 1. The minimum atomic E-state index is 0.148. The molecule has 3 aromatic rings. The number of aromatic nitrogens is 2. The number of benzene rings is 1. The van der Waals surface area contributed by atoms with Crippen molar-refractivity contribution in [2.75, 3.05) is 5.73 Å². The quantitative estimate of drug-likeness (QED) is 0.795. The zero-order valence-electron chi connectivity index (χ0n) is 11.9. The highest BCUT2D eigenvalue weighted by Gasteiger charge is 2.13. The number of nitrogen functional groups attached to an aromatic ring is 1. The first kappa shape index (κ1) is 13.8. The maximum absolute atomic E-state index is 6.17. The summed E-state index contributed by atoms with van der Waals surface area (Å²) < 4.78 is 7.42. The molecule has 0 atom stereocenters. The Morgan fingerprint density at radius 1 is 1.19 bits per heavy atom. The third-order valence-corrected chi connectivity index (χ3v) is 3.43. The van der Waals surface area contributed by atoms with Gasteiger partial charge in [-0.05, 0) is 50.2 Å². The second kappa shape index (κ2) is 5.30. The van der Waals surface area contributed by atoms with Crippen molar-refractivity contribution in [3.63, 3.8) is 0 Å². The third-order valence-electron chi connectivity index (χ3n) is 3.14. The lowest BCUT2D eigenvalue weighted by Crippen LogP contribution is -2.05. The maximum Gasteiger partial charge on any atom is 0.157 e. The summed E-state index contributed by atoms with van der Waals surface area (Å²) in [6.45, 7) is 3.99. The van der Waals surface area contributed by atoms with E-state index in [1.807, 2.05) is 50.4 Å². The van der Waals surface area contributed by atoms with Gasteiger partial charge in [-0.2, -0.15) is 0 Å². The zero-order valence-corrected chi connectivity index (χ0v) is 12.6. The molecule has 5 heteroatoms. The predicted octanol–water partition coefficient (Wildman–Crippen LogP) is 4.02. The summed E-state index contributed by atoms with van der Waals surface area (Å²) in [6.07, 6.45) is 2.00. The molecule has 0 amide bonds. The van der Waals surface area contributed by atoms with Crippen molar-refractivity contribution in [1.82, 2.24) is 9.38 Å². The van der Waals surface area contributed by atoms with Gasteiger partial charge < -0.3 is 10.5 Å². The van der Waals surface area contributed by atoms with Crippen LogP contribution in [0.1, 0.15) is 13.8 Å². The third kappa shape index (κ3) is 2.54. The van der Waals surface area contributed by atoms with Crippen molar-refractivity contribution in [3.8, 4) is 17.0 Å². The molecule has 0 saturated carbocycles. The van der Waals surface area contributed by atoms with Gasteiger partial charge in [0.1, 0.15) is 17.3 Å². The van der Waals surface area contributed by atoms with Crippen LogP contribution in [0.3, 0.4) is 0 Å². The number of fused-ring (bicyclic) bond motifs is 1. The summed E-state index contributed by atoms with van der Waals surface area (Å²) in [4.78, 5) is 4.54. The van der Waals surface area contributed by atoms with Crippen LogP contribution in [0, 0.1) is 0 Å². The molecule has 108 valence electrons. The topological polar surface area (TPSA) is 52.5 Å². The van der Waals surface area contributed by atoms with Crippen LogP contribution in [0.5, 0.6) is 5.75 Å². The van der Waals surface area contributed by atoms with Gasteiger partial charge in [-0.1, -0.05) is 11.6 Å². The largest absolute Gasteiger partial charge is 0.491 e. The van der Waals surface area contributed by atoms with E-state index in [4.69, 9.17) is 22.1 Å². The van der Waals surface area contributed by atoms with E-state index in [0.29, 0.717) is 16.5 Å². The van der Waals surface area contributed by atoms with Crippen molar-refractivity contribution >= 4 is 23.1 Å². The van der Waals surface area contributed by atoms with E-state index in [1.165, 1.54) is 0 Å². The lowest BCUT2D eigenvalue weighted by atomic mass is 10.1. The molecular formula is C16H16ClN3O. The van der Waals surface area contributed by atoms with Crippen molar-refractivity contribution < 1.29 is 4.74 Å². The van der Waals surface area contributed by atoms with E-state index in [0.717, 1.165) is 17.0 Å². The van der Waals surface area contributed by atoms with E-state index in [-0.39, 0.29) is 6.10 Å². The van der Waals surface area contributed by atoms with Crippen molar-refractivity contribution in [2.45, 2.75) is 20.0 Å². The van der Waals surface area contributed by atoms with E-state index >= 15 is 0 Å². The number of hydrogen-bond acceptors (Lipinski definition) is 3. The Bertz CT molecular complexity index is 778. The van der Waals surface area contributed by atoms with E-state index < -0.39 is 0 Å². The molecule has 0 fully saturated rings. The monoisotopic (exact) mass is 301 g/mol. The Kier molecular flexibility index (Phi) is 3.47. The SMILES string of the molecule is CC(C)Oc1ccc(-c2nc3c(Cl)cccn3c2N)cc1. The van der Waals surface area contributed by atoms with Gasteiger partial charge in [0, 0.05) is 11.8 Å². The Hall–Kier alpha value is -2.20. The molecule has 0 aliphatic carbocycles. The van der Waals surface area contributed by atoms with Crippen LogP contribution < -0.4 is 10.5 Å². The first-order chi connectivity index (χ1) is 10.1. The normalized spacial score (nSPS) is 11.2. The smallest absolute Gasteiger partial charge is 0.157 e. The molecule has 0 spiro atoms. The molecule has 3 rings (SSSR count). The first-order valence-electron chi connectivity index (χ1n) is 6.75. The van der Waals surface area contributed by atoms with Crippen molar-refractivity contribution in [3.05, 3.63) is 47.6 Å². The molecule has 2 aromatic heterocycles. The van der Waals surface area contributed by atoms with E-state index in [2.05, 4.69) is 4.98 Å². The molecule has 0 unspecified atom stereocenters. The molecular weight excluding hydrogens is 286 g/mol. The lowest BCUT2D eigenvalue weighted by molar-refractivity contribution is 0.242. The second-order valence-electron chi connectivity index (χ2n) is 5.09. The van der Waals surface area contributed by atoms with Gasteiger partial charge in [-0.25, -0.2) is 4.98 Å². The highest BCUT2D eigenvalue weighted by molar-refractivity contribution is 6.33. The molecule has 0 radical (unpaired) electrons. The summed E-state index contributed by atoms with van der Waals surface area (Å²) in [5.41, 5.74) is 8.49. The molecule has 4 nitrogen and oxygen atoms in total. The fourth-order valence-corrected chi connectivity index (χ4v) is 2.43. The average Bonchev–Trinajstić information content (AvgIpc) is 2.78. The van der Waals surface area contributed by atoms with Gasteiger partial charge in [-0.15, -0.1) is 0 Å². The van der Waals surface area contributed by atoms with E-state index in [1.54, 1.807) is 10.5 Å². The standard InChI is InChI=1S/C16H16ClN3O/c1-10(2)21-12-7-5-11(6-8-12)14-15(18)20-9-3-4-13(17)16(20)19-14/h3-10H,18H2,1-2H3.